The van der Waals surface area contributed by atoms with Crippen molar-refractivity contribution < 1.29 is 4.79 Å². The number of para-hydroxylation sites is 2. The highest BCUT2D eigenvalue weighted by Gasteiger charge is 2.18. The van der Waals surface area contributed by atoms with Gasteiger partial charge in [0, 0.05) is 25.4 Å². The zero-order valence-corrected chi connectivity index (χ0v) is 15.3. The summed E-state index contributed by atoms with van der Waals surface area (Å²) in [4.78, 5) is 20.4. The second-order valence-corrected chi connectivity index (χ2v) is 7.01. The molecule has 0 aliphatic rings. The molecule has 2 N–H and O–H groups in total. The number of nitrogens with one attached hydrogen (secondary N) is 2. The van der Waals surface area contributed by atoms with Gasteiger partial charge >= 0.3 is 0 Å². The molecular weight excluding hydrogens is 332 g/mol. The first kappa shape index (κ1) is 17.6. The highest BCUT2D eigenvalue weighted by atomic mass is 32.2. The number of amides is 1. The van der Waals surface area contributed by atoms with Crippen molar-refractivity contribution in [3.8, 4) is 0 Å². The fourth-order valence-electron chi connectivity index (χ4n) is 2.91. The van der Waals surface area contributed by atoms with Crippen LogP contribution in [0, 0.1) is 0 Å². The van der Waals surface area contributed by atoms with Gasteiger partial charge in [-0.15, -0.1) is 0 Å². The zero-order chi connectivity index (χ0) is 17.5. The molecule has 0 saturated heterocycles. The second-order valence-electron chi connectivity index (χ2n) is 6.02. The number of hydrogen-bond acceptors (Lipinski definition) is 3. The van der Waals surface area contributed by atoms with Gasteiger partial charge in [-0.1, -0.05) is 12.1 Å². The molecule has 3 aromatic rings. The van der Waals surface area contributed by atoms with Crippen molar-refractivity contribution in [1.82, 2.24) is 19.9 Å². The van der Waals surface area contributed by atoms with Crippen LogP contribution < -0.4 is 5.32 Å². The summed E-state index contributed by atoms with van der Waals surface area (Å²) in [5, 5.41) is 3.07. The molecule has 0 spiro atoms. The quantitative estimate of drug-likeness (QED) is 0.578. The van der Waals surface area contributed by atoms with E-state index in [1.165, 1.54) is 0 Å². The number of rotatable bonds is 9. The lowest BCUT2D eigenvalue weighted by atomic mass is 10.2. The molecule has 6 heteroatoms. The van der Waals surface area contributed by atoms with E-state index in [9.17, 15) is 4.79 Å². The molecule has 3 rings (SSSR count). The number of benzene rings is 1. The number of carbonyl (C=O) groups excluding carboxylic acids is 1. The van der Waals surface area contributed by atoms with Crippen LogP contribution in [-0.2, 0) is 11.2 Å². The zero-order valence-electron chi connectivity index (χ0n) is 14.4. The molecule has 132 valence electrons. The summed E-state index contributed by atoms with van der Waals surface area (Å²) in [6.45, 7) is 0.660. The molecule has 0 aliphatic carbocycles. The van der Waals surface area contributed by atoms with Crippen LogP contribution in [-0.4, -0.2) is 39.0 Å². The molecule has 25 heavy (non-hydrogen) atoms. The molecule has 1 aromatic carbocycles. The van der Waals surface area contributed by atoms with Crippen molar-refractivity contribution >= 4 is 28.7 Å². The lowest BCUT2D eigenvalue weighted by molar-refractivity contribution is -0.124. The van der Waals surface area contributed by atoms with Crippen molar-refractivity contribution in [2.75, 3.05) is 18.6 Å². The first-order chi connectivity index (χ1) is 12.3. The van der Waals surface area contributed by atoms with Gasteiger partial charge in [0.25, 0.3) is 0 Å². The number of carbonyl (C=O) groups is 1. The molecule has 0 saturated carbocycles. The van der Waals surface area contributed by atoms with E-state index in [0.717, 1.165) is 41.9 Å². The number of imidazole rings is 1. The summed E-state index contributed by atoms with van der Waals surface area (Å²) >= 11 is 1.77. The number of aromatic nitrogens is 3. The van der Waals surface area contributed by atoms with Crippen molar-refractivity contribution in [3.63, 3.8) is 0 Å². The minimum atomic E-state index is -0.131. The molecule has 0 fully saturated rings. The molecule has 0 bridgehead atoms. The Balaban J connectivity index is 1.49. The Labute approximate surface area is 152 Å². The van der Waals surface area contributed by atoms with Crippen LogP contribution in [0.2, 0.25) is 0 Å². The van der Waals surface area contributed by atoms with Crippen molar-refractivity contribution in [2.45, 2.75) is 25.3 Å². The van der Waals surface area contributed by atoms with Crippen LogP contribution in [0.4, 0.5) is 0 Å². The second kappa shape index (κ2) is 8.76. The smallest absolute Gasteiger partial charge is 0.243 e. The summed E-state index contributed by atoms with van der Waals surface area (Å²) in [7, 11) is 0. The molecule has 0 unspecified atom stereocenters. The Morgan fingerprint density at radius 3 is 2.84 bits per heavy atom. The van der Waals surface area contributed by atoms with Crippen LogP contribution in [0.3, 0.4) is 0 Å². The molecule has 0 aliphatic heterocycles. The third kappa shape index (κ3) is 4.66. The summed E-state index contributed by atoms with van der Waals surface area (Å²) < 4.78 is 1.99. The predicted octanol–water partition coefficient (Wildman–Crippen LogP) is 3.41. The van der Waals surface area contributed by atoms with E-state index < -0.39 is 0 Å². The summed E-state index contributed by atoms with van der Waals surface area (Å²) in [6.07, 6.45) is 8.52. The topological polar surface area (TPSA) is 62.7 Å². The van der Waals surface area contributed by atoms with Gasteiger partial charge in [0.05, 0.1) is 11.0 Å². The Morgan fingerprint density at radius 2 is 2.08 bits per heavy atom. The summed E-state index contributed by atoms with van der Waals surface area (Å²) in [5.74, 6) is 2.03. The Morgan fingerprint density at radius 1 is 1.28 bits per heavy atom. The number of aryl methyl sites for hydroxylation is 1. The van der Waals surface area contributed by atoms with Crippen LogP contribution in [0.15, 0.2) is 48.8 Å². The fourth-order valence-corrected chi connectivity index (χ4v) is 3.37. The largest absolute Gasteiger partial charge is 0.354 e. The number of nitrogens with zero attached hydrogens (tertiary/aromatic N) is 2. The minimum Gasteiger partial charge on any atom is -0.354 e. The van der Waals surface area contributed by atoms with Gasteiger partial charge in [0.15, 0.2) is 0 Å². The molecular formula is C19H24N4OS. The number of hydrogen-bond donors (Lipinski definition) is 2. The average Bonchev–Trinajstić information content (AvgIpc) is 3.28. The Bertz CT molecular complexity index is 764. The maximum absolute atomic E-state index is 12.5. The van der Waals surface area contributed by atoms with Crippen LogP contribution in [0.1, 0.15) is 24.7 Å². The van der Waals surface area contributed by atoms with Crippen LogP contribution in [0.5, 0.6) is 0 Å². The molecule has 2 heterocycles. The minimum absolute atomic E-state index is 0.0925. The number of aromatic amines is 1. The van der Waals surface area contributed by atoms with E-state index in [1.807, 2.05) is 53.4 Å². The van der Waals surface area contributed by atoms with E-state index in [1.54, 1.807) is 11.8 Å². The highest BCUT2D eigenvalue weighted by Crippen LogP contribution is 2.15. The molecule has 1 amide bonds. The van der Waals surface area contributed by atoms with Crippen molar-refractivity contribution in [1.29, 1.82) is 0 Å². The van der Waals surface area contributed by atoms with Crippen molar-refractivity contribution in [3.05, 3.63) is 54.6 Å². The normalized spacial score (nSPS) is 12.4. The summed E-state index contributed by atoms with van der Waals surface area (Å²) in [5.41, 5.74) is 2.05. The van der Waals surface area contributed by atoms with Gasteiger partial charge in [-0.25, -0.2) is 4.98 Å². The van der Waals surface area contributed by atoms with Crippen molar-refractivity contribution in [2.24, 2.45) is 0 Å². The molecule has 0 radical (unpaired) electrons. The lowest BCUT2D eigenvalue weighted by Gasteiger charge is -2.18. The first-order valence-corrected chi connectivity index (χ1v) is 10.00. The molecule has 2 aromatic heterocycles. The van der Waals surface area contributed by atoms with Gasteiger partial charge < -0.3 is 14.9 Å². The maximum Gasteiger partial charge on any atom is 0.243 e. The third-order valence-electron chi connectivity index (χ3n) is 4.21. The third-order valence-corrected chi connectivity index (χ3v) is 4.86. The lowest BCUT2D eigenvalue weighted by Crippen LogP contribution is -2.33. The Hall–Kier alpha value is -2.21. The van der Waals surface area contributed by atoms with E-state index >= 15 is 0 Å². The van der Waals surface area contributed by atoms with Gasteiger partial charge in [-0.05, 0) is 49.1 Å². The molecule has 1 atom stereocenters. The highest BCUT2D eigenvalue weighted by molar-refractivity contribution is 7.98. The van der Waals surface area contributed by atoms with Crippen LogP contribution >= 0.6 is 11.8 Å². The van der Waals surface area contributed by atoms with Crippen LogP contribution in [0.25, 0.3) is 11.0 Å². The average molecular weight is 356 g/mol. The summed E-state index contributed by atoms with van der Waals surface area (Å²) in [6, 6.07) is 11.8. The monoisotopic (exact) mass is 356 g/mol. The standard InChI is InChI=1S/C19H24N4OS/c1-25-14-10-17(23-12-4-5-13-23)19(24)20-11-6-9-18-21-15-7-2-3-8-16(15)22-18/h2-5,7-8,12-13,17H,6,9-11,14H2,1H3,(H,20,24)(H,21,22)/t17-/m1/s1. The maximum atomic E-state index is 12.5. The number of fused-ring (bicyclic) bond motifs is 1. The van der Waals surface area contributed by atoms with Gasteiger partial charge in [-0.2, -0.15) is 11.8 Å². The van der Waals surface area contributed by atoms with E-state index in [2.05, 4.69) is 21.5 Å². The molecule has 5 nitrogen and oxygen atoms in total. The predicted molar refractivity (Wildman–Crippen MR) is 104 cm³/mol. The van der Waals surface area contributed by atoms with E-state index in [4.69, 9.17) is 0 Å². The number of thioether (sulfide) groups is 1. The van der Waals surface area contributed by atoms with Gasteiger partial charge in [0.2, 0.25) is 5.91 Å². The first-order valence-electron chi connectivity index (χ1n) is 8.60. The van der Waals surface area contributed by atoms with Gasteiger partial charge in [-0.3, -0.25) is 4.79 Å². The number of H-pyrrole nitrogens is 1. The fraction of sp³-hybridized carbons (Fsp3) is 0.368. The van der Waals surface area contributed by atoms with Gasteiger partial charge in [0.1, 0.15) is 11.9 Å². The van der Waals surface area contributed by atoms with E-state index in [0.29, 0.717) is 6.54 Å². The SMILES string of the molecule is CSCC[C@H](C(=O)NCCCc1nc2ccccc2[nH]1)n1cccc1. The van der Waals surface area contributed by atoms with E-state index in [-0.39, 0.29) is 11.9 Å². The Kier molecular flexibility index (Phi) is 6.17.